The summed E-state index contributed by atoms with van der Waals surface area (Å²) >= 11 is 1.21. The molecule has 0 radical (unpaired) electrons. The largest absolute Gasteiger partial charge is 0.497 e. The van der Waals surface area contributed by atoms with Crippen LogP contribution in [0.2, 0.25) is 0 Å². The van der Waals surface area contributed by atoms with Gasteiger partial charge in [0, 0.05) is 5.56 Å². The average molecular weight is 419 g/mol. The fourth-order valence-corrected chi connectivity index (χ4v) is 3.83. The fraction of sp³-hybridized carbons (Fsp3) is 0.0870. The highest BCUT2D eigenvalue weighted by molar-refractivity contribution is 7.22. The lowest BCUT2D eigenvalue weighted by molar-refractivity contribution is 0.0987. The van der Waals surface area contributed by atoms with Crippen molar-refractivity contribution >= 4 is 38.8 Å². The SMILES string of the molecule is COc1ccc(/C=N/N(C(=O)c2cccc(C)c2)c2nc3ccc(F)cc3s2)cc1. The molecule has 0 spiro atoms. The van der Waals surface area contributed by atoms with Crippen LogP contribution in [0.15, 0.2) is 71.8 Å². The van der Waals surface area contributed by atoms with E-state index in [1.165, 1.54) is 28.5 Å². The second-order valence-corrected chi connectivity index (χ2v) is 7.62. The molecule has 4 rings (SSSR count). The minimum atomic E-state index is -0.351. The summed E-state index contributed by atoms with van der Waals surface area (Å²) in [5.41, 5.74) is 2.86. The summed E-state index contributed by atoms with van der Waals surface area (Å²) in [6.45, 7) is 1.92. The van der Waals surface area contributed by atoms with Crippen molar-refractivity contribution in [1.29, 1.82) is 0 Å². The molecule has 3 aromatic carbocycles. The van der Waals surface area contributed by atoms with E-state index in [2.05, 4.69) is 10.1 Å². The molecule has 0 bridgehead atoms. The van der Waals surface area contributed by atoms with Crippen LogP contribution in [-0.4, -0.2) is 24.2 Å². The highest BCUT2D eigenvalue weighted by Crippen LogP contribution is 2.30. The third-order valence-electron chi connectivity index (χ3n) is 4.42. The molecular weight excluding hydrogens is 401 g/mol. The molecule has 0 unspecified atom stereocenters. The van der Waals surface area contributed by atoms with Gasteiger partial charge < -0.3 is 4.74 Å². The van der Waals surface area contributed by atoms with Crippen LogP contribution in [0.4, 0.5) is 9.52 Å². The van der Waals surface area contributed by atoms with Crippen LogP contribution in [-0.2, 0) is 0 Å². The maximum atomic E-state index is 13.6. The Kier molecular flexibility index (Phi) is 5.54. The third-order valence-corrected chi connectivity index (χ3v) is 5.41. The molecule has 5 nitrogen and oxygen atoms in total. The van der Waals surface area contributed by atoms with Gasteiger partial charge in [0.15, 0.2) is 0 Å². The number of halogens is 1. The summed E-state index contributed by atoms with van der Waals surface area (Å²) < 4.78 is 19.4. The van der Waals surface area contributed by atoms with E-state index in [-0.39, 0.29) is 11.7 Å². The molecule has 0 fully saturated rings. The zero-order valence-electron chi connectivity index (χ0n) is 16.4. The Morgan fingerprint density at radius 3 is 2.67 bits per heavy atom. The van der Waals surface area contributed by atoms with Gasteiger partial charge in [-0.1, -0.05) is 29.0 Å². The van der Waals surface area contributed by atoms with Crippen LogP contribution < -0.4 is 9.75 Å². The number of anilines is 1. The van der Waals surface area contributed by atoms with Gasteiger partial charge in [-0.2, -0.15) is 10.1 Å². The normalized spacial score (nSPS) is 11.2. The summed E-state index contributed by atoms with van der Waals surface area (Å²) in [6, 6.07) is 18.9. The zero-order chi connectivity index (χ0) is 21.1. The van der Waals surface area contributed by atoms with E-state index in [0.29, 0.717) is 20.9 Å². The second kappa shape index (κ2) is 8.42. The van der Waals surface area contributed by atoms with Crippen molar-refractivity contribution < 1.29 is 13.9 Å². The Hall–Kier alpha value is -3.58. The number of aromatic nitrogens is 1. The Morgan fingerprint density at radius 2 is 1.93 bits per heavy atom. The van der Waals surface area contributed by atoms with E-state index < -0.39 is 0 Å². The van der Waals surface area contributed by atoms with Crippen molar-refractivity contribution in [1.82, 2.24) is 4.98 Å². The van der Waals surface area contributed by atoms with Crippen LogP contribution in [0.25, 0.3) is 10.2 Å². The van der Waals surface area contributed by atoms with Gasteiger partial charge in [-0.05, 0) is 67.1 Å². The molecule has 1 aromatic heterocycles. The molecule has 30 heavy (non-hydrogen) atoms. The number of carbonyl (C=O) groups excluding carboxylic acids is 1. The van der Waals surface area contributed by atoms with Gasteiger partial charge in [0.2, 0.25) is 5.13 Å². The fourth-order valence-electron chi connectivity index (χ4n) is 2.88. The number of amides is 1. The number of methoxy groups -OCH3 is 1. The van der Waals surface area contributed by atoms with Crippen LogP contribution in [0.3, 0.4) is 0 Å². The Morgan fingerprint density at radius 1 is 1.13 bits per heavy atom. The monoisotopic (exact) mass is 419 g/mol. The standard InChI is InChI=1S/C23H18FN3O2S/c1-15-4-3-5-17(12-15)22(28)27(25-14-16-6-9-19(29-2)10-7-16)23-26-20-11-8-18(24)13-21(20)30-23/h3-14H,1-2H3/b25-14+. The molecule has 7 heteroatoms. The van der Waals surface area contributed by atoms with E-state index in [9.17, 15) is 9.18 Å². The number of thiazole rings is 1. The number of rotatable bonds is 5. The van der Waals surface area contributed by atoms with E-state index in [1.54, 1.807) is 31.5 Å². The molecule has 1 amide bonds. The van der Waals surface area contributed by atoms with Gasteiger partial charge in [0.05, 0.1) is 23.5 Å². The number of fused-ring (bicyclic) bond motifs is 1. The first kappa shape index (κ1) is 19.7. The van der Waals surface area contributed by atoms with Gasteiger partial charge >= 0.3 is 0 Å². The van der Waals surface area contributed by atoms with Gasteiger partial charge in [-0.25, -0.2) is 9.37 Å². The quantitative estimate of drug-likeness (QED) is 0.320. The average Bonchev–Trinajstić information content (AvgIpc) is 3.17. The van der Waals surface area contributed by atoms with Crippen LogP contribution >= 0.6 is 11.3 Å². The smallest absolute Gasteiger partial charge is 0.280 e. The minimum Gasteiger partial charge on any atom is -0.497 e. The molecule has 0 N–H and O–H groups in total. The van der Waals surface area contributed by atoms with Gasteiger partial charge in [0.1, 0.15) is 11.6 Å². The Labute approximate surface area is 177 Å². The van der Waals surface area contributed by atoms with Crippen molar-refractivity contribution in [3.8, 4) is 5.75 Å². The lowest BCUT2D eigenvalue weighted by Gasteiger charge is -2.14. The molecular formula is C23H18FN3O2S. The molecule has 0 saturated heterocycles. The number of aryl methyl sites for hydroxylation is 1. The number of benzene rings is 3. The van der Waals surface area contributed by atoms with Crippen LogP contribution in [0, 0.1) is 12.7 Å². The molecule has 4 aromatic rings. The van der Waals surface area contributed by atoms with Crippen molar-refractivity contribution in [2.24, 2.45) is 5.10 Å². The lowest BCUT2D eigenvalue weighted by Crippen LogP contribution is -2.25. The number of carbonyl (C=O) groups is 1. The molecule has 0 atom stereocenters. The van der Waals surface area contributed by atoms with Gasteiger partial charge in [-0.3, -0.25) is 4.79 Å². The molecule has 0 aliphatic rings. The summed E-state index contributed by atoms with van der Waals surface area (Å²) in [4.78, 5) is 17.7. The van der Waals surface area contributed by atoms with E-state index in [0.717, 1.165) is 16.9 Å². The predicted octanol–water partition coefficient (Wildman–Crippen LogP) is 5.43. The van der Waals surface area contributed by atoms with Crippen molar-refractivity contribution in [3.05, 3.63) is 89.2 Å². The number of hydrogen-bond donors (Lipinski definition) is 0. The summed E-state index contributed by atoms with van der Waals surface area (Å²) in [5.74, 6) is 0.0621. The maximum absolute atomic E-state index is 13.6. The topological polar surface area (TPSA) is 54.8 Å². The van der Waals surface area contributed by atoms with Crippen molar-refractivity contribution in [2.75, 3.05) is 12.1 Å². The molecule has 0 aliphatic carbocycles. The van der Waals surface area contributed by atoms with Crippen molar-refractivity contribution in [3.63, 3.8) is 0 Å². The predicted molar refractivity (Wildman–Crippen MR) is 118 cm³/mol. The second-order valence-electron chi connectivity index (χ2n) is 6.61. The number of hydrazone groups is 1. The minimum absolute atomic E-state index is 0.317. The molecule has 0 saturated carbocycles. The zero-order valence-corrected chi connectivity index (χ0v) is 17.2. The highest BCUT2D eigenvalue weighted by atomic mass is 32.1. The number of hydrogen-bond acceptors (Lipinski definition) is 5. The first-order valence-electron chi connectivity index (χ1n) is 9.19. The Balaban J connectivity index is 1.74. The van der Waals surface area contributed by atoms with Gasteiger partial charge in [-0.15, -0.1) is 0 Å². The molecule has 1 heterocycles. The number of ether oxygens (including phenoxy) is 1. The van der Waals surface area contributed by atoms with Crippen molar-refractivity contribution in [2.45, 2.75) is 6.92 Å². The highest BCUT2D eigenvalue weighted by Gasteiger charge is 2.21. The summed E-state index contributed by atoms with van der Waals surface area (Å²) in [6.07, 6.45) is 1.58. The summed E-state index contributed by atoms with van der Waals surface area (Å²) in [5, 5.41) is 6.03. The van der Waals surface area contributed by atoms with E-state index in [1.807, 2.05) is 43.3 Å². The van der Waals surface area contributed by atoms with E-state index in [4.69, 9.17) is 4.74 Å². The first-order valence-corrected chi connectivity index (χ1v) is 10.0. The van der Waals surface area contributed by atoms with Crippen LogP contribution in [0.1, 0.15) is 21.5 Å². The van der Waals surface area contributed by atoms with Gasteiger partial charge in [0.25, 0.3) is 5.91 Å². The molecule has 150 valence electrons. The maximum Gasteiger partial charge on any atom is 0.280 e. The lowest BCUT2D eigenvalue weighted by atomic mass is 10.1. The first-order chi connectivity index (χ1) is 14.5. The third kappa shape index (κ3) is 4.21. The molecule has 0 aliphatic heterocycles. The number of nitrogens with zero attached hydrogens (tertiary/aromatic N) is 3. The van der Waals surface area contributed by atoms with E-state index >= 15 is 0 Å². The Bertz CT molecular complexity index is 1230. The van der Waals surface area contributed by atoms with Crippen LogP contribution in [0.5, 0.6) is 5.75 Å². The summed E-state index contributed by atoms with van der Waals surface area (Å²) in [7, 11) is 1.60.